The lowest BCUT2D eigenvalue weighted by molar-refractivity contribution is -0.127. The van der Waals surface area contributed by atoms with Crippen LogP contribution in [0, 0.1) is 13.8 Å². The number of amides is 1. The molecule has 4 N–H and O–H groups in total. The molecule has 10 nitrogen and oxygen atoms in total. The Morgan fingerprint density at radius 3 is 2.29 bits per heavy atom. The number of carbonyl (C=O) groups is 1. The van der Waals surface area contributed by atoms with Gasteiger partial charge >= 0.3 is 0 Å². The third kappa shape index (κ3) is 7.78. The monoisotopic (exact) mass is 563 g/mol. The van der Waals surface area contributed by atoms with E-state index in [0.29, 0.717) is 19.0 Å². The lowest BCUT2D eigenvalue weighted by Crippen LogP contribution is -2.42. The SMILES string of the molecule is Cc1nn(C)c(C)c1CNC(=NCc1ccc(S(N)(=O)=O)cc1)NCC(=O)N(C)C.I. The van der Waals surface area contributed by atoms with Gasteiger partial charge in [0, 0.05) is 38.9 Å². The van der Waals surface area contributed by atoms with Crippen LogP contribution in [0.3, 0.4) is 0 Å². The minimum atomic E-state index is -3.73. The molecule has 31 heavy (non-hydrogen) atoms. The Morgan fingerprint density at radius 1 is 1.19 bits per heavy atom. The van der Waals surface area contributed by atoms with Crippen LogP contribution in [0.4, 0.5) is 0 Å². The third-order valence-corrected chi connectivity index (χ3v) is 5.60. The van der Waals surface area contributed by atoms with E-state index in [1.165, 1.54) is 17.0 Å². The van der Waals surface area contributed by atoms with Crippen LogP contribution < -0.4 is 15.8 Å². The van der Waals surface area contributed by atoms with Gasteiger partial charge < -0.3 is 15.5 Å². The van der Waals surface area contributed by atoms with Gasteiger partial charge in [0.05, 0.1) is 23.7 Å². The van der Waals surface area contributed by atoms with Gasteiger partial charge in [-0.1, -0.05) is 12.1 Å². The van der Waals surface area contributed by atoms with Crippen molar-refractivity contribution in [3.8, 4) is 0 Å². The summed E-state index contributed by atoms with van der Waals surface area (Å²) in [5.74, 6) is 0.374. The van der Waals surface area contributed by atoms with E-state index in [-0.39, 0.29) is 41.3 Å². The van der Waals surface area contributed by atoms with E-state index in [4.69, 9.17) is 5.14 Å². The van der Waals surface area contributed by atoms with E-state index in [9.17, 15) is 13.2 Å². The second kappa shape index (κ2) is 11.4. The molecule has 0 saturated carbocycles. The molecule has 0 fully saturated rings. The van der Waals surface area contributed by atoms with Crippen LogP contribution >= 0.6 is 24.0 Å². The molecule has 0 radical (unpaired) electrons. The summed E-state index contributed by atoms with van der Waals surface area (Å²) in [5.41, 5.74) is 3.83. The third-order valence-electron chi connectivity index (χ3n) is 4.67. The van der Waals surface area contributed by atoms with Crippen LogP contribution in [0.25, 0.3) is 0 Å². The number of sulfonamides is 1. The van der Waals surface area contributed by atoms with E-state index < -0.39 is 10.0 Å². The fourth-order valence-electron chi connectivity index (χ4n) is 2.69. The standard InChI is InChI=1S/C19H29N7O3S.HI/c1-13-17(14(2)26(5)24-13)11-22-19(23-12-18(27)25(3)4)21-10-15-6-8-16(9-7-15)30(20,28)29;/h6-9H,10-12H2,1-5H3,(H2,20,28,29)(H2,21,22,23);1H. The number of guanidine groups is 1. The average molecular weight is 563 g/mol. The molecular weight excluding hydrogens is 533 g/mol. The van der Waals surface area contributed by atoms with Crippen molar-refractivity contribution in [1.29, 1.82) is 0 Å². The van der Waals surface area contributed by atoms with Gasteiger partial charge in [0.25, 0.3) is 0 Å². The molecular formula is C19H30IN7O3S. The zero-order chi connectivity index (χ0) is 22.5. The zero-order valence-electron chi connectivity index (χ0n) is 18.3. The molecule has 0 atom stereocenters. The molecule has 0 unspecified atom stereocenters. The number of primary sulfonamides is 1. The van der Waals surface area contributed by atoms with Crippen LogP contribution in [0.2, 0.25) is 0 Å². The molecule has 0 aliphatic carbocycles. The fourth-order valence-corrected chi connectivity index (χ4v) is 3.21. The first kappa shape index (κ1) is 26.8. The first-order valence-electron chi connectivity index (χ1n) is 9.32. The summed E-state index contributed by atoms with van der Waals surface area (Å²) in [6.45, 7) is 4.81. The molecule has 0 aliphatic rings. The first-order chi connectivity index (χ1) is 14.0. The van der Waals surface area contributed by atoms with Crippen LogP contribution in [0.5, 0.6) is 0 Å². The molecule has 172 valence electrons. The summed E-state index contributed by atoms with van der Waals surface area (Å²) in [5, 5.41) is 15.8. The van der Waals surface area contributed by atoms with Gasteiger partial charge in [0.2, 0.25) is 15.9 Å². The summed E-state index contributed by atoms with van der Waals surface area (Å²) in [4.78, 5) is 18.0. The predicted octanol–water partition coefficient (Wildman–Crippen LogP) is 0.626. The van der Waals surface area contributed by atoms with Crippen molar-refractivity contribution in [3.05, 3.63) is 46.8 Å². The minimum Gasteiger partial charge on any atom is -0.352 e. The van der Waals surface area contributed by atoms with Crippen molar-refractivity contribution in [2.24, 2.45) is 17.2 Å². The molecule has 0 spiro atoms. The lowest BCUT2D eigenvalue weighted by Gasteiger charge is -2.15. The number of halogens is 1. The molecule has 0 aliphatic heterocycles. The summed E-state index contributed by atoms with van der Waals surface area (Å²) in [6, 6.07) is 6.19. The summed E-state index contributed by atoms with van der Waals surface area (Å²) in [7, 11) is 1.52. The predicted molar refractivity (Wildman–Crippen MR) is 131 cm³/mol. The number of nitrogens with zero attached hydrogens (tertiary/aromatic N) is 4. The Morgan fingerprint density at radius 2 is 1.81 bits per heavy atom. The van der Waals surface area contributed by atoms with Crippen LogP contribution in [0.1, 0.15) is 22.5 Å². The Labute approximate surface area is 200 Å². The zero-order valence-corrected chi connectivity index (χ0v) is 21.5. The van der Waals surface area contributed by atoms with E-state index in [0.717, 1.165) is 22.5 Å². The Bertz CT molecular complexity index is 1030. The number of aliphatic imine (C=N–C) groups is 1. The molecule has 0 saturated heterocycles. The molecule has 0 bridgehead atoms. The number of aromatic nitrogens is 2. The number of rotatable bonds is 7. The van der Waals surface area contributed by atoms with Gasteiger partial charge in [-0.3, -0.25) is 9.48 Å². The van der Waals surface area contributed by atoms with E-state index in [1.807, 2.05) is 25.6 Å². The second-order valence-electron chi connectivity index (χ2n) is 7.12. The Kier molecular flexibility index (Phi) is 9.90. The Hall–Kier alpha value is -2.19. The van der Waals surface area contributed by atoms with E-state index >= 15 is 0 Å². The maximum atomic E-state index is 11.9. The minimum absolute atomic E-state index is 0. The molecule has 2 aromatic rings. The van der Waals surface area contributed by atoms with Crippen LogP contribution in [0.15, 0.2) is 34.2 Å². The maximum absolute atomic E-state index is 11.9. The van der Waals surface area contributed by atoms with Gasteiger partial charge in [-0.25, -0.2) is 18.5 Å². The molecule has 1 aromatic heterocycles. The molecule has 1 heterocycles. The quantitative estimate of drug-likeness (QED) is 0.257. The molecule has 1 amide bonds. The highest BCUT2D eigenvalue weighted by Crippen LogP contribution is 2.12. The van der Waals surface area contributed by atoms with Crippen LogP contribution in [-0.2, 0) is 35.0 Å². The van der Waals surface area contributed by atoms with Crippen molar-refractivity contribution in [2.45, 2.75) is 31.8 Å². The number of carbonyl (C=O) groups excluding carboxylic acids is 1. The van der Waals surface area contributed by atoms with E-state index in [1.54, 1.807) is 26.2 Å². The van der Waals surface area contributed by atoms with Crippen molar-refractivity contribution < 1.29 is 13.2 Å². The average Bonchev–Trinajstić information content (AvgIpc) is 2.92. The summed E-state index contributed by atoms with van der Waals surface area (Å²) < 4.78 is 24.6. The smallest absolute Gasteiger partial charge is 0.241 e. The molecule has 2 rings (SSSR count). The number of likely N-dealkylation sites (N-methyl/N-ethyl adjacent to an activating group) is 1. The topological polar surface area (TPSA) is 135 Å². The Balaban J connectivity index is 0.00000480. The number of nitrogens with two attached hydrogens (primary N) is 1. The summed E-state index contributed by atoms with van der Waals surface area (Å²) >= 11 is 0. The van der Waals surface area contributed by atoms with Gasteiger partial charge in [-0.2, -0.15) is 5.10 Å². The van der Waals surface area contributed by atoms with Gasteiger partial charge in [0.15, 0.2) is 5.96 Å². The van der Waals surface area contributed by atoms with Crippen molar-refractivity contribution in [2.75, 3.05) is 20.6 Å². The highest BCUT2D eigenvalue weighted by molar-refractivity contribution is 14.0. The van der Waals surface area contributed by atoms with Gasteiger partial charge in [-0.05, 0) is 31.5 Å². The molecule has 1 aromatic carbocycles. The van der Waals surface area contributed by atoms with Crippen LogP contribution in [-0.4, -0.2) is 55.6 Å². The highest BCUT2D eigenvalue weighted by atomic mass is 127. The number of benzene rings is 1. The molecule has 12 heteroatoms. The van der Waals surface area contributed by atoms with E-state index in [2.05, 4.69) is 20.7 Å². The van der Waals surface area contributed by atoms with Crippen molar-refractivity contribution in [3.63, 3.8) is 0 Å². The largest absolute Gasteiger partial charge is 0.352 e. The van der Waals surface area contributed by atoms with Gasteiger partial charge in [-0.15, -0.1) is 24.0 Å². The lowest BCUT2D eigenvalue weighted by atomic mass is 10.2. The highest BCUT2D eigenvalue weighted by Gasteiger charge is 2.11. The van der Waals surface area contributed by atoms with Gasteiger partial charge in [0.1, 0.15) is 0 Å². The number of hydrogen-bond donors (Lipinski definition) is 3. The number of aryl methyl sites for hydroxylation is 2. The van der Waals surface area contributed by atoms with Crippen molar-refractivity contribution >= 4 is 45.9 Å². The normalized spacial score (nSPS) is 11.6. The fraction of sp³-hybridized carbons (Fsp3) is 0.421. The second-order valence-corrected chi connectivity index (χ2v) is 8.68. The van der Waals surface area contributed by atoms with Crippen molar-refractivity contribution in [1.82, 2.24) is 25.3 Å². The maximum Gasteiger partial charge on any atom is 0.241 e. The first-order valence-corrected chi connectivity index (χ1v) is 10.9. The summed E-state index contributed by atoms with van der Waals surface area (Å²) in [6.07, 6.45) is 0. The number of nitrogens with one attached hydrogen (secondary N) is 2. The number of hydrogen-bond acceptors (Lipinski definition) is 5.